The molecule has 4 amide bonds. The van der Waals surface area contributed by atoms with E-state index in [-0.39, 0.29) is 18.7 Å². The summed E-state index contributed by atoms with van der Waals surface area (Å²) in [6.45, 7) is 5.31. The van der Waals surface area contributed by atoms with Crippen LogP contribution in [-0.4, -0.2) is 59.8 Å². The van der Waals surface area contributed by atoms with Crippen molar-refractivity contribution in [3.05, 3.63) is 29.3 Å². The van der Waals surface area contributed by atoms with E-state index in [2.05, 4.69) is 21.3 Å². The van der Waals surface area contributed by atoms with Gasteiger partial charge in [0, 0.05) is 23.2 Å². The highest BCUT2D eigenvalue weighted by atomic mass is 35.5. The van der Waals surface area contributed by atoms with Gasteiger partial charge in [0.2, 0.25) is 11.8 Å². The summed E-state index contributed by atoms with van der Waals surface area (Å²) in [5, 5.41) is 19.9. The van der Waals surface area contributed by atoms with Gasteiger partial charge in [-0.25, -0.2) is 0 Å². The van der Waals surface area contributed by atoms with E-state index in [1.54, 1.807) is 18.2 Å². The molecule has 1 fully saturated rings. The number of Topliss-reactive ketones (excluding diaryl/α,β-unsaturated/α-hetero) is 1. The number of piperidine rings is 1. The van der Waals surface area contributed by atoms with Crippen LogP contribution in [0.2, 0.25) is 5.02 Å². The number of carbonyl (C=O) groups is 5. The van der Waals surface area contributed by atoms with Crippen molar-refractivity contribution in [3.63, 3.8) is 0 Å². The second-order valence-corrected chi connectivity index (χ2v) is 10.2. The van der Waals surface area contributed by atoms with Gasteiger partial charge in [-0.05, 0) is 49.3 Å². The van der Waals surface area contributed by atoms with Gasteiger partial charge in [0.15, 0.2) is 5.78 Å². The number of benzene rings is 1. The molecule has 0 aliphatic carbocycles. The zero-order chi connectivity index (χ0) is 26.2. The van der Waals surface area contributed by atoms with Crippen molar-refractivity contribution in [1.82, 2.24) is 16.0 Å². The smallest absolute Gasteiger partial charge is 0.313 e. The standard InChI is InChI=1S/C24H33ClN4O6/c1-24(2,3)12-18(29-23(35)22(34)27-16-8-4-7-15(25)11-16)21(33)28-17(19(31)13-30)10-14-6-5-9-26-20(14)32/h4,7-8,11,14,17-18,30H,5-6,9-10,12-13H2,1-3H3,(H,26,32)(H,27,34)(H,28,33)(H,29,35)/t14?,17?,18-/m0/s1. The molecule has 11 heteroatoms. The summed E-state index contributed by atoms with van der Waals surface area (Å²) in [5.74, 6) is -4.04. The molecule has 0 spiro atoms. The highest BCUT2D eigenvalue weighted by Gasteiger charge is 2.34. The van der Waals surface area contributed by atoms with Gasteiger partial charge in [0.1, 0.15) is 12.6 Å². The van der Waals surface area contributed by atoms with Crippen LogP contribution in [0.5, 0.6) is 0 Å². The fourth-order valence-electron chi connectivity index (χ4n) is 3.80. The van der Waals surface area contributed by atoms with Crippen LogP contribution in [-0.2, 0) is 24.0 Å². The number of ketones is 1. The van der Waals surface area contributed by atoms with Crippen LogP contribution in [0.4, 0.5) is 5.69 Å². The van der Waals surface area contributed by atoms with E-state index in [0.29, 0.717) is 23.7 Å². The number of hydrogen-bond donors (Lipinski definition) is 5. The molecule has 3 atom stereocenters. The first-order chi connectivity index (χ1) is 16.4. The lowest BCUT2D eigenvalue weighted by atomic mass is 9.87. The minimum absolute atomic E-state index is 0.0302. The van der Waals surface area contributed by atoms with E-state index in [1.165, 1.54) is 6.07 Å². The maximum atomic E-state index is 13.1. The molecule has 5 N–H and O–H groups in total. The molecule has 1 aromatic carbocycles. The lowest BCUT2D eigenvalue weighted by Gasteiger charge is -2.29. The molecule has 0 radical (unpaired) electrons. The highest BCUT2D eigenvalue weighted by molar-refractivity contribution is 6.40. The maximum absolute atomic E-state index is 13.1. The minimum atomic E-state index is -1.14. The lowest BCUT2D eigenvalue weighted by molar-refractivity contribution is -0.139. The van der Waals surface area contributed by atoms with Crippen molar-refractivity contribution in [2.45, 2.75) is 58.5 Å². The van der Waals surface area contributed by atoms with E-state index in [9.17, 15) is 29.1 Å². The van der Waals surface area contributed by atoms with Crippen molar-refractivity contribution >= 4 is 46.7 Å². The van der Waals surface area contributed by atoms with E-state index < -0.39 is 53.5 Å². The minimum Gasteiger partial charge on any atom is -0.389 e. The molecule has 1 aliphatic heterocycles. The molecule has 1 heterocycles. The van der Waals surface area contributed by atoms with Crippen LogP contribution in [0.25, 0.3) is 0 Å². The Balaban J connectivity index is 2.12. The summed E-state index contributed by atoms with van der Waals surface area (Å²) < 4.78 is 0. The number of aliphatic hydroxyl groups excluding tert-OH is 1. The number of aliphatic hydroxyl groups is 1. The third-order valence-electron chi connectivity index (χ3n) is 5.51. The monoisotopic (exact) mass is 508 g/mol. The SMILES string of the molecule is CC(C)(C)C[C@H](NC(=O)C(=O)Nc1cccc(Cl)c1)C(=O)NC(CC1CCCNC1=O)C(=O)CO. The first-order valence-electron chi connectivity index (χ1n) is 11.5. The molecule has 192 valence electrons. The van der Waals surface area contributed by atoms with E-state index in [4.69, 9.17) is 11.6 Å². The fraction of sp³-hybridized carbons (Fsp3) is 0.542. The first-order valence-corrected chi connectivity index (χ1v) is 11.9. The Morgan fingerprint density at radius 3 is 2.46 bits per heavy atom. The number of amides is 4. The molecule has 0 bridgehead atoms. The molecule has 2 rings (SSSR count). The van der Waals surface area contributed by atoms with Gasteiger partial charge in [-0.1, -0.05) is 38.4 Å². The van der Waals surface area contributed by atoms with Crippen LogP contribution in [0, 0.1) is 11.3 Å². The van der Waals surface area contributed by atoms with Crippen molar-refractivity contribution in [1.29, 1.82) is 0 Å². The summed E-state index contributed by atoms with van der Waals surface area (Å²) in [6, 6.07) is 4.00. The summed E-state index contributed by atoms with van der Waals surface area (Å²) in [5.41, 5.74) is -0.104. The van der Waals surface area contributed by atoms with E-state index >= 15 is 0 Å². The summed E-state index contributed by atoms with van der Waals surface area (Å²) in [4.78, 5) is 62.6. The molecule has 0 aromatic heterocycles. The molecule has 10 nitrogen and oxygen atoms in total. The quantitative estimate of drug-likeness (QED) is 0.315. The summed E-state index contributed by atoms with van der Waals surface area (Å²) in [7, 11) is 0. The Bertz CT molecular complexity index is 962. The van der Waals surface area contributed by atoms with Crippen molar-refractivity contribution in [3.8, 4) is 0 Å². The Morgan fingerprint density at radius 1 is 1.14 bits per heavy atom. The fourth-order valence-corrected chi connectivity index (χ4v) is 3.99. The predicted octanol–water partition coefficient (Wildman–Crippen LogP) is 1.16. The van der Waals surface area contributed by atoms with Crippen molar-refractivity contribution in [2.24, 2.45) is 11.3 Å². The number of anilines is 1. The van der Waals surface area contributed by atoms with E-state index in [1.807, 2.05) is 20.8 Å². The largest absolute Gasteiger partial charge is 0.389 e. The Morgan fingerprint density at radius 2 is 1.86 bits per heavy atom. The first kappa shape index (κ1) is 28.3. The summed E-state index contributed by atoms with van der Waals surface area (Å²) in [6.07, 6.45) is 1.50. The predicted molar refractivity (Wildman–Crippen MR) is 130 cm³/mol. The van der Waals surface area contributed by atoms with Crippen molar-refractivity contribution < 1.29 is 29.1 Å². The highest BCUT2D eigenvalue weighted by Crippen LogP contribution is 2.22. The van der Waals surface area contributed by atoms with Gasteiger partial charge in [0.05, 0.1) is 6.04 Å². The number of rotatable bonds is 9. The number of halogens is 1. The van der Waals surface area contributed by atoms with Crippen LogP contribution in [0.1, 0.15) is 46.5 Å². The maximum Gasteiger partial charge on any atom is 0.313 e. The summed E-state index contributed by atoms with van der Waals surface area (Å²) >= 11 is 5.90. The zero-order valence-electron chi connectivity index (χ0n) is 20.2. The van der Waals surface area contributed by atoms with Gasteiger partial charge in [-0.3, -0.25) is 24.0 Å². The topological polar surface area (TPSA) is 154 Å². The van der Waals surface area contributed by atoms with Crippen LogP contribution < -0.4 is 21.3 Å². The molecule has 1 saturated heterocycles. The third kappa shape index (κ3) is 9.29. The van der Waals surface area contributed by atoms with Crippen molar-refractivity contribution in [2.75, 3.05) is 18.5 Å². The van der Waals surface area contributed by atoms with E-state index in [0.717, 1.165) is 6.42 Å². The number of carbonyl (C=O) groups excluding carboxylic acids is 5. The molecular weight excluding hydrogens is 476 g/mol. The average molecular weight is 509 g/mol. The molecule has 1 aliphatic rings. The molecule has 0 saturated carbocycles. The van der Waals surface area contributed by atoms with Gasteiger partial charge in [0.25, 0.3) is 0 Å². The molecule has 35 heavy (non-hydrogen) atoms. The zero-order valence-corrected chi connectivity index (χ0v) is 20.9. The molecule has 2 unspecified atom stereocenters. The van der Waals surface area contributed by atoms with Gasteiger partial charge < -0.3 is 26.4 Å². The molecular formula is C24H33ClN4O6. The van der Waals surface area contributed by atoms with Crippen LogP contribution in [0.3, 0.4) is 0 Å². The van der Waals surface area contributed by atoms with Gasteiger partial charge >= 0.3 is 11.8 Å². The second kappa shape index (κ2) is 12.6. The number of nitrogens with one attached hydrogen (secondary N) is 4. The van der Waals surface area contributed by atoms with Gasteiger partial charge in [-0.2, -0.15) is 0 Å². The Labute approximate surface area is 209 Å². The normalized spacial score (nSPS) is 17.5. The Kier molecular flexibility index (Phi) is 10.2. The second-order valence-electron chi connectivity index (χ2n) is 9.81. The average Bonchev–Trinajstić information content (AvgIpc) is 2.78. The van der Waals surface area contributed by atoms with Crippen LogP contribution >= 0.6 is 11.6 Å². The number of hydrogen-bond acceptors (Lipinski definition) is 6. The molecule has 1 aromatic rings. The third-order valence-corrected chi connectivity index (χ3v) is 5.74. The van der Waals surface area contributed by atoms with Gasteiger partial charge in [-0.15, -0.1) is 0 Å². The Hall–Kier alpha value is -2.98. The van der Waals surface area contributed by atoms with Crippen LogP contribution in [0.15, 0.2) is 24.3 Å². The lowest BCUT2D eigenvalue weighted by Crippen LogP contribution is -2.55.